The summed E-state index contributed by atoms with van der Waals surface area (Å²) in [6.45, 7) is 12.2. The smallest absolute Gasteiger partial charge is 0.870 e. The van der Waals surface area contributed by atoms with E-state index in [0.717, 1.165) is 0 Å². The van der Waals surface area contributed by atoms with Gasteiger partial charge in [0.25, 0.3) is 0 Å². The molecular formula is C22H39LiN2O9. The van der Waals surface area contributed by atoms with Crippen LogP contribution in [0.2, 0.25) is 0 Å². The molecule has 2 aliphatic carbocycles. The summed E-state index contributed by atoms with van der Waals surface area (Å²) in [6, 6.07) is -0.256. The molecule has 0 aromatic carbocycles. The standard InChI is InChI=1S/C12H19NO4.C10H17NO3.Li.2H2O/c1-8(14)16-10-6-5-9(7-10)13-11(15)17-12(2,3)4;1-10(2,3)14-9(13)11-7-4-5-8(12)6-7;;;/h5-6,9-10H,7H2,1-4H3,(H,13,15);4-5,7-8,12H,6H2,1-3H3,(H,11,13);;2*1H2/q;;+1;;/p-1/t9-,10+;7-,8+;;;/m11.../s1. The molecule has 2 rings (SSSR count). The molecule has 192 valence electrons. The largest absolute Gasteiger partial charge is 1.00 e. The van der Waals surface area contributed by atoms with E-state index in [1.807, 2.05) is 20.8 Å². The van der Waals surface area contributed by atoms with Crippen LogP contribution in [0.25, 0.3) is 0 Å². The third-order valence-electron chi connectivity index (χ3n) is 3.83. The molecule has 34 heavy (non-hydrogen) atoms. The fraction of sp³-hybridized carbons (Fsp3) is 0.682. The van der Waals surface area contributed by atoms with Crippen molar-refractivity contribution in [2.45, 2.75) is 96.8 Å². The number of hydrogen-bond donors (Lipinski definition) is 3. The van der Waals surface area contributed by atoms with Crippen LogP contribution in [0.1, 0.15) is 61.3 Å². The molecule has 12 heteroatoms. The number of esters is 1. The molecule has 4 atom stereocenters. The summed E-state index contributed by atoms with van der Waals surface area (Å²) >= 11 is 0. The predicted molar refractivity (Wildman–Crippen MR) is 121 cm³/mol. The van der Waals surface area contributed by atoms with Gasteiger partial charge in [0, 0.05) is 19.8 Å². The minimum absolute atomic E-state index is 0. The first-order chi connectivity index (χ1) is 14.1. The zero-order chi connectivity index (χ0) is 23.8. The Morgan fingerprint density at radius 3 is 1.59 bits per heavy atom. The van der Waals surface area contributed by atoms with E-state index >= 15 is 0 Å². The van der Waals surface area contributed by atoms with Crippen LogP contribution in [0, 0.1) is 0 Å². The van der Waals surface area contributed by atoms with Gasteiger partial charge in [-0.1, -0.05) is 18.2 Å². The first-order valence-electron chi connectivity index (χ1n) is 10.3. The van der Waals surface area contributed by atoms with Crippen molar-refractivity contribution >= 4 is 18.2 Å². The van der Waals surface area contributed by atoms with Crippen LogP contribution in [0.3, 0.4) is 0 Å². The number of nitrogens with one attached hydrogen (secondary N) is 2. The summed E-state index contributed by atoms with van der Waals surface area (Å²) in [4.78, 5) is 33.5. The normalized spacial score (nSPS) is 22.5. The van der Waals surface area contributed by atoms with Crippen LogP contribution in [0.4, 0.5) is 9.59 Å². The fourth-order valence-electron chi connectivity index (χ4n) is 2.78. The third kappa shape index (κ3) is 17.4. The van der Waals surface area contributed by atoms with Crippen LogP contribution in [0.5, 0.6) is 0 Å². The average molecular weight is 483 g/mol. The first-order valence-corrected chi connectivity index (χ1v) is 10.3. The molecule has 0 aliphatic heterocycles. The number of rotatable bonds is 3. The third-order valence-corrected chi connectivity index (χ3v) is 3.83. The van der Waals surface area contributed by atoms with Gasteiger partial charge in [-0.05, 0) is 47.6 Å². The van der Waals surface area contributed by atoms with E-state index in [9.17, 15) is 14.4 Å². The molecule has 0 bridgehead atoms. The Bertz CT molecular complexity index is 699. The van der Waals surface area contributed by atoms with Crippen LogP contribution in [0.15, 0.2) is 24.3 Å². The predicted octanol–water partition coefficient (Wildman–Crippen LogP) is -1.03. The van der Waals surface area contributed by atoms with Crippen molar-refractivity contribution in [1.29, 1.82) is 0 Å². The molecule has 0 spiro atoms. The first kappa shape index (κ1) is 36.5. The van der Waals surface area contributed by atoms with Crippen LogP contribution < -0.4 is 29.5 Å². The Balaban J connectivity index is -0.000000527. The van der Waals surface area contributed by atoms with E-state index in [4.69, 9.17) is 19.3 Å². The molecule has 0 unspecified atom stereocenters. The van der Waals surface area contributed by atoms with E-state index in [0.29, 0.717) is 12.8 Å². The molecule has 6 N–H and O–H groups in total. The van der Waals surface area contributed by atoms with Crippen molar-refractivity contribution in [2.24, 2.45) is 0 Å². The minimum Gasteiger partial charge on any atom is -0.870 e. The molecule has 11 nitrogen and oxygen atoms in total. The Kier molecular flexibility index (Phi) is 17.0. The summed E-state index contributed by atoms with van der Waals surface area (Å²) in [7, 11) is 0. The Morgan fingerprint density at radius 2 is 1.24 bits per heavy atom. The summed E-state index contributed by atoms with van der Waals surface area (Å²) < 4.78 is 15.2. The Morgan fingerprint density at radius 1 is 0.824 bits per heavy atom. The molecule has 0 aromatic heterocycles. The molecule has 0 radical (unpaired) electrons. The summed E-state index contributed by atoms with van der Waals surface area (Å²) in [5, 5.41) is 14.5. The van der Waals surface area contributed by atoms with Gasteiger partial charge in [0.05, 0.1) is 18.2 Å². The molecule has 0 aromatic rings. The minimum atomic E-state index is -0.512. The van der Waals surface area contributed by atoms with Gasteiger partial charge in [-0.25, -0.2) is 9.59 Å². The number of hydrogen-bond acceptors (Lipinski definition) is 8. The number of alkyl carbamates (subject to hydrolysis) is 2. The van der Waals surface area contributed by atoms with Crippen LogP contribution in [-0.4, -0.2) is 69.7 Å². The van der Waals surface area contributed by atoms with Gasteiger partial charge in [-0.15, -0.1) is 0 Å². The van der Waals surface area contributed by atoms with Crippen LogP contribution in [-0.2, 0) is 19.0 Å². The summed E-state index contributed by atoms with van der Waals surface area (Å²) in [5.41, 5.74) is -0.993. The zero-order valence-corrected chi connectivity index (χ0v) is 21.4. The molecule has 2 aliphatic rings. The van der Waals surface area contributed by atoms with Gasteiger partial charge >= 0.3 is 37.0 Å². The van der Waals surface area contributed by atoms with Crippen molar-refractivity contribution in [1.82, 2.24) is 10.6 Å². The van der Waals surface area contributed by atoms with Gasteiger partial charge in [0.15, 0.2) is 0 Å². The van der Waals surface area contributed by atoms with Crippen LogP contribution >= 0.6 is 0 Å². The maximum absolute atomic E-state index is 11.5. The molecule has 0 fully saturated rings. The Hall–Kier alpha value is -2.03. The SMILES string of the molecule is CC(=O)O[C@H]1C=C[C@@H](NC(=O)OC(C)(C)C)C1.CC(C)(C)OC(=O)N[C@@H]1C=C[C@H](O)C1.O.[Li+].[OH-]. The molecule has 0 saturated heterocycles. The second-order valence-electron chi connectivity index (χ2n) is 9.46. The second-order valence-corrected chi connectivity index (χ2v) is 9.46. The number of aliphatic hydroxyl groups is 1. The second kappa shape index (κ2) is 15.8. The van der Waals surface area contributed by atoms with Crippen molar-refractivity contribution in [3.05, 3.63) is 24.3 Å². The van der Waals surface area contributed by atoms with Crippen molar-refractivity contribution in [2.75, 3.05) is 0 Å². The van der Waals surface area contributed by atoms with E-state index in [-0.39, 0.29) is 54.0 Å². The van der Waals surface area contributed by atoms with E-state index in [1.165, 1.54) is 6.92 Å². The van der Waals surface area contributed by atoms with E-state index in [2.05, 4.69) is 10.6 Å². The number of carbonyl (C=O) groups excluding carboxylic acids is 3. The van der Waals surface area contributed by atoms with Gasteiger partial charge < -0.3 is 40.9 Å². The molecule has 2 amide bonds. The number of amides is 2. The Labute approximate surface area is 213 Å². The van der Waals surface area contributed by atoms with Crippen molar-refractivity contribution in [3.63, 3.8) is 0 Å². The van der Waals surface area contributed by atoms with Gasteiger partial charge in [-0.3, -0.25) is 4.79 Å². The number of ether oxygens (including phenoxy) is 3. The maximum atomic E-state index is 11.5. The molecule has 0 saturated carbocycles. The topological polar surface area (TPSA) is 185 Å². The monoisotopic (exact) mass is 482 g/mol. The quantitative estimate of drug-likeness (QED) is 0.197. The van der Waals surface area contributed by atoms with E-state index < -0.39 is 29.5 Å². The van der Waals surface area contributed by atoms with Crippen molar-refractivity contribution < 1.29 is 63.5 Å². The number of carbonyl (C=O) groups is 3. The van der Waals surface area contributed by atoms with Gasteiger partial charge in [0.2, 0.25) is 0 Å². The summed E-state index contributed by atoms with van der Waals surface area (Å²) in [6.07, 6.45) is 6.48. The van der Waals surface area contributed by atoms with Gasteiger partial charge in [0.1, 0.15) is 17.3 Å². The average Bonchev–Trinajstić information content (AvgIpc) is 3.12. The molecule has 0 heterocycles. The summed E-state index contributed by atoms with van der Waals surface area (Å²) in [5.74, 6) is -0.322. The van der Waals surface area contributed by atoms with E-state index in [1.54, 1.807) is 45.1 Å². The maximum Gasteiger partial charge on any atom is 1.00 e. The van der Waals surface area contributed by atoms with Gasteiger partial charge in [-0.2, -0.15) is 0 Å². The zero-order valence-electron chi connectivity index (χ0n) is 21.4. The fourth-order valence-corrected chi connectivity index (χ4v) is 2.78. The molecular weight excluding hydrogens is 443 g/mol. The van der Waals surface area contributed by atoms with Crippen molar-refractivity contribution in [3.8, 4) is 0 Å². The number of aliphatic hydroxyl groups excluding tert-OH is 1.